The van der Waals surface area contributed by atoms with Crippen LogP contribution in [0.1, 0.15) is 12.8 Å². The number of carboxylic acids is 1. The number of carboxylic acid groups (broad SMARTS) is 1. The topological polar surface area (TPSA) is 135 Å². The van der Waals surface area contributed by atoms with Crippen molar-refractivity contribution in [2.24, 2.45) is 11.1 Å². The zero-order chi connectivity index (χ0) is 16.5. The molecule has 1 aliphatic rings. The zero-order valence-corrected chi connectivity index (χ0v) is 13.2. The molecule has 1 aliphatic heterocycles. The molecule has 0 saturated carbocycles. The fourth-order valence-electron chi connectivity index (χ4n) is 2.31. The number of nitrogens with zero attached hydrogens (tertiary/aromatic N) is 1. The Balaban J connectivity index is 2.28. The standard InChI is InChI=1S/C12H16N2O6S2/c13-21(17,18)10-3-5-11(6-4-10)22(19,20)14-7-1-2-9(8-14)12(15)16/h3-6,9H,1-2,7-8H2,(H,15,16)(H2,13,17,18). The minimum absolute atomic E-state index is 0.0887. The van der Waals surface area contributed by atoms with E-state index in [2.05, 4.69) is 0 Å². The van der Waals surface area contributed by atoms with E-state index in [1.165, 1.54) is 0 Å². The third-order valence-electron chi connectivity index (χ3n) is 3.52. The fraction of sp³-hybridized carbons (Fsp3) is 0.417. The molecule has 1 unspecified atom stereocenters. The SMILES string of the molecule is NS(=O)(=O)c1ccc(S(=O)(=O)N2CCCC(C(=O)O)C2)cc1. The number of hydrogen-bond acceptors (Lipinski definition) is 5. The number of primary sulfonamides is 1. The predicted molar refractivity (Wildman–Crippen MR) is 76.9 cm³/mol. The highest BCUT2D eigenvalue weighted by atomic mass is 32.2. The molecule has 0 bridgehead atoms. The lowest BCUT2D eigenvalue weighted by molar-refractivity contribution is -0.142. The number of hydrogen-bond donors (Lipinski definition) is 2. The van der Waals surface area contributed by atoms with Crippen molar-refractivity contribution >= 4 is 26.0 Å². The van der Waals surface area contributed by atoms with Crippen LogP contribution in [0, 0.1) is 5.92 Å². The first kappa shape index (κ1) is 16.9. The summed E-state index contributed by atoms with van der Waals surface area (Å²) < 4.78 is 48.4. The highest BCUT2D eigenvalue weighted by molar-refractivity contribution is 7.89. The minimum Gasteiger partial charge on any atom is -0.481 e. The molecule has 1 aromatic carbocycles. The van der Waals surface area contributed by atoms with Crippen molar-refractivity contribution in [2.45, 2.75) is 22.6 Å². The summed E-state index contributed by atoms with van der Waals surface area (Å²) in [6.45, 7) is 0.150. The van der Waals surface area contributed by atoms with Gasteiger partial charge in [0.25, 0.3) is 0 Å². The van der Waals surface area contributed by atoms with Gasteiger partial charge in [-0.25, -0.2) is 22.0 Å². The van der Waals surface area contributed by atoms with Gasteiger partial charge in [-0.15, -0.1) is 0 Å². The van der Waals surface area contributed by atoms with Gasteiger partial charge in [-0.2, -0.15) is 4.31 Å². The molecule has 1 heterocycles. The number of piperidine rings is 1. The van der Waals surface area contributed by atoms with Gasteiger partial charge < -0.3 is 5.11 Å². The normalized spacial score (nSPS) is 20.7. The molecular formula is C12H16N2O6S2. The van der Waals surface area contributed by atoms with Crippen molar-refractivity contribution in [1.29, 1.82) is 0 Å². The van der Waals surface area contributed by atoms with Crippen LogP contribution in [-0.2, 0) is 24.8 Å². The average molecular weight is 348 g/mol. The molecule has 2 rings (SSSR count). The Morgan fingerprint density at radius 3 is 2.18 bits per heavy atom. The van der Waals surface area contributed by atoms with Gasteiger partial charge in [0, 0.05) is 13.1 Å². The van der Waals surface area contributed by atoms with Gasteiger partial charge in [-0.1, -0.05) is 0 Å². The van der Waals surface area contributed by atoms with Crippen molar-refractivity contribution in [2.75, 3.05) is 13.1 Å². The Bertz CT molecular complexity index is 770. The number of rotatable bonds is 4. The van der Waals surface area contributed by atoms with Crippen LogP contribution in [0.25, 0.3) is 0 Å². The fourth-order valence-corrected chi connectivity index (χ4v) is 4.35. The monoisotopic (exact) mass is 348 g/mol. The second-order valence-corrected chi connectivity index (χ2v) is 8.56. The van der Waals surface area contributed by atoms with Crippen molar-refractivity contribution in [1.82, 2.24) is 4.31 Å². The molecule has 22 heavy (non-hydrogen) atoms. The van der Waals surface area contributed by atoms with Gasteiger partial charge in [-0.3, -0.25) is 4.79 Å². The smallest absolute Gasteiger partial charge is 0.307 e. The molecule has 0 amide bonds. The van der Waals surface area contributed by atoms with E-state index in [-0.39, 0.29) is 22.9 Å². The number of aliphatic carboxylic acids is 1. The highest BCUT2D eigenvalue weighted by Gasteiger charge is 2.33. The van der Waals surface area contributed by atoms with E-state index in [9.17, 15) is 21.6 Å². The summed E-state index contributed by atoms with van der Waals surface area (Å²) in [4.78, 5) is 10.7. The van der Waals surface area contributed by atoms with Crippen molar-refractivity contribution < 1.29 is 26.7 Å². The molecular weight excluding hydrogens is 332 g/mol. The average Bonchev–Trinajstić information content (AvgIpc) is 2.46. The van der Waals surface area contributed by atoms with E-state index >= 15 is 0 Å². The van der Waals surface area contributed by atoms with Gasteiger partial charge >= 0.3 is 5.97 Å². The van der Waals surface area contributed by atoms with Crippen LogP contribution in [0.5, 0.6) is 0 Å². The van der Waals surface area contributed by atoms with E-state index in [0.717, 1.165) is 28.6 Å². The third-order valence-corrected chi connectivity index (χ3v) is 6.33. The first-order valence-electron chi connectivity index (χ1n) is 6.48. The molecule has 3 N–H and O–H groups in total. The molecule has 1 saturated heterocycles. The first-order chi connectivity index (χ1) is 10.1. The summed E-state index contributed by atoms with van der Waals surface area (Å²) >= 11 is 0. The second-order valence-electron chi connectivity index (χ2n) is 5.06. The molecule has 1 atom stereocenters. The maximum atomic E-state index is 12.5. The molecule has 122 valence electrons. The molecule has 1 aromatic rings. The van der Waals surface area contributed by atoms with Crippen molar-refractivity contribution in [3.05, 3.63) is 24.3 Å². The Morgan fingerprint density at radius 2 is 1.68 bits per heavy atom. The van der Waals surface area contributed by atoms with E-state index in [1.54, 1.807) is 0 Å². The first-order valence-corrected chi connectivity index (χ1v) is 9.47. The molecule has 0 radical (unpaired) electrons. The van der Waals surface area contributed by atoms with E-state index in [4.69, 9.17) is 10.2 Å². The maximum Gasteiger partial charge on any atom is 0.307 e. The van der Waals surface area contributed by atoms with Crippen LogP contribution < -0.4 is 5.14 Å². The zero-order valence-electron chi connectivity index (χ0n) is 11.5. The van der Waals surface area contributed by atoms with Gasteiger partial charge in [0.2, 0.25) is 20.0 Å². The quantitative estimate of drug-likeness (QED) is 0.775. The molecule has 10 heteroatoms. The Kier molecular flexibility index (Phi) is 4.57. The van der Waals surface area contributed by atoms with Crippen LogP contribution in [0.4, 0.5) is 0 Å². The van der Waals surface area contributed by atoms with E-state index in [1.807, 2.05) is 0 Å². The third kappa shape index (κ3) is 3.46. The largest absolute Gasteiger partial charge is 0.481 e. The summed E-state index contributed by atoms with van der Waals surface area (Å²) in [5.41, 5.74) is 0. The Labute approximate surface area is 128 Å². The summed E-state index contributed by atoms with van der Waals surface area (Å²) in [7, 11) is -7.75. The molecule has 8 nitrogen and oxygen atoms in total. The Morgan fingerprint density at radius 1 is 1.14 bits per heavy atom. The minimum atomic E-state index is -3.90. The van der Waals surface area contributed by atoms with Crippen molar-refractivity contribution in [3.8, 4) is 0 Å². The number of benzene rings is 1. The predicted octanol–water partition coefficient (Wildman–Crippen LogP) is -0.181. The second kappa shape index (κ2) is 5.95. The Hall–Kier alpha value is -1.49. The number of carbonyl (C=O) groups is 1. The summed E-state index contributed by atoms with van der Waals surface area (Å²) in [6, 6.07) is 4.53. The molecule has 0 spiro atoms. The van der Waals surface area contributed by atoms with Gasteiger partial charge in [0.05, 0.1) is 15.7 Å². The summed E-state index contributed by atoms with van der Waals surface area (Å²) in [6.07, 6.45) is 0.900. The van der Waals surface area contributed by atoms with Crippen LogP contribution >= 0.6 is 0 Å². The number of sulfonamides is 2. The lowest BCUT2D eigenvalue weighted by Gasteiger charge is -2.29. The van der Waals surface area contributed by atoms with Crippen LogP contribution in [0.3, 0.4) is 0 Å². The van der Waals surface area contributed by atoms with Crippen LogP contribution in [-0.4, -0.2) is 45.3 Å². The van der Waals surface area contributed by atoms with Gasteiger partial charge in [0.1, 0.15) is 0 Å². The van der Waals surface area contributed by atoms with Gasteiger partial charge in [-0.05, 0) is 37.1 Å². The van der Waals surface area contributed by atoms with Crippen LogP contribution in [0.2, 0.25) is 0 Å². The lowest BCUT2D eigenvalue weighted by Crippen LogP contribution is -2.42. The number of nitrogens with two attached hydrogens (primary N) is 1. The summed E-state index contributed by atoms with van der Waals surface area (Å²) in [5.74, 6) is -1.75. The lowest BCUT2D eigenvalue weighted by atomic mass is 10.0. The molecule has 1 fully saturated rings. The van der Waals surface area contributed by atoms with Crippen LogP contribution in [0.15, 0.2) is 34.1 Å². The van der Waals surface area contributed by atoms with Crippen molar-refractivity contribution in [3.63, 3.8) is 0 Å². The molecule has 0 aromatic heterocycles. The van der Waals surface area contributed by atoms with Gasteiger partial charge in [0.15, 0.2) is 0 Å². The summed E-state index contributed by atoms with van der Waals surface area (Å²) in [5, 5.41) is 14.0. The van der Waals surface area contributed by atoms with E-state index in [0.29, 0.717) is 12.8 Å². The molecule has 0 aliphatic carbocycles. The maximum absolute atomic E-state index is 12.5. The highest BCUT2D eigenvalue weighted by Crippen LogP contribution is 2.24. The van der Waals surface area contributed by atoms with E-state index < -0.39 is 31.9 Å².